The van der Waals surface area contributed by atoms with E-state index in [1.54, 1.807) is 0 Å². The van der Waals surface area contributed by atoms with Crippen LogP contribution in [0.5, 0.6) is 0 Å². The van der Waals surface area contributed by atoms with E-state index in [-0.39, 0.29) is 0 Å². The molecule has 0 aromatic carbocycles. The second-order valence-corrected chi connectivity index (χ2v) is 7.72. The van der Waals surface area contributed by atoms with Crippen molar-refractivity contribution >= 4 is 34.6 Å². The molecule has 1 aliphatic rings. The molecule has 0 saturated carbocycles. The average molecular weight is 354 g/mol. The van der Waals surface area contributed by atoms with E-state index in [0.717, 1.165) is 42.4 Å². The molecule has 4 heteroatoms. The minimum atomic E-state index is 0.837. The molecule has 0 unspecified atom stereocenters. The summed E-state index contributed by atoms with van der Waals surface area (Å²) >= 11 is 7.12. The predicted octanol–water partition coefficient (Wildman–Crippen LogP) is 3.84. The number of hydrogen-bond acceptors (Lipinski definition) is 1. The molecule has 0 fully saturated rings. The van der Waals surface area contributed by atoms with Gasteiger partial charge in [-0.1, -0.05) is 25.0 Å². The Bertz CT molecular complexity index is 190. The molecule has 0 heterocycles. The molecule has 0 aromatic rings. The quantitative estimate of drug-likeness (QED) is 0.517. The van der Waals surface area contributed by atoms with Gasteiger partial charge < -0.3 is 4.79 Å². The number of rotatable bonds is 1. The summed E-state index contributed by atoms with van der Waals surface area (Å²) in [7, 11) is 0. The molecule has 0 bridgehead atoms. The first-order valence-corrected chi connectivity index (χ1v) is 9.05. The maximum atomic E-state index is 10.2. The molecular formula is C9H11Br2CoO. The van der Waals surface area contributed by atoms with E-state index >= 15 is 0 Å². The van der Waals surface area contributed by atoms with Gasteiger partial charge in [0.05, 0.1) is 0 Å². The van der Waals surface area contributed by atoms with E-state index in [9.17, 15) is 4.79 Å². The zero-order valence-electron chi connectivity index (χ0n) is 7.06. The van der Waals surface area contributed by atoms with Crippen molar-refractivity contribution in [1.82, 2.24) is 0 Å². The molecule has 76 valence electrons. The molecule has 0 aliphatic heterocycles. The summed E-state index contributed by atoms with van der Waals surface area (Å²) in [5.74, 6) is 0. The van der Waals surface area contributed by atoms with Crippen molar-refractivity contribution in [3.05, 3.63) is 23.8 Å². The Balaban J connectivity index is 0.000000424. The van der Waals surface area contributed by atoms with Gasteiger partial charge in [-0.2, -0.15) is 5.57 Å². The molecule has 0 spiro atoms. The van der Waals surface area contributed by atoms with E-state index in [1.165, 1.54) is 0 Å². The Morgan fingerprint density at radius 3 is 2.46 bits per heavy atom. The summed E-state index contributed by atoms with van der Waals surface area (Å²) in [6, 6.07) is 0. The molecule has 0 radical (unpaired) electrons. The first-order chi connectivity index (χ1) is 6.35. The Labute approximate surface area is 99.5 Å². The fraction of sp³-hybridized carbons (Fsp3) is 0.444. The van der Waals surface area contributed by atoms with Gasteiger partial charge in [0.25, 0.3) is 0 Å². The Kier molecular flexibility index (Phi) is 11.2. The number of halogens is 2. The van der Waals surface area contributed by atoms with Crippen LogP contribution in [0.15, 0.2) is 23.8 Å². The molecule has 13 heavy (non-hydrogen) atoms. The van der Waals surface area contributed by atoms with Crippen LogP contribution in [0, 0.1) is 0 Å². The third-order valence-corrected chi connectivity index (χ3v) is 1.60. The second-order valence-electron chi connectivity index (χ2n) is 2.47. The number of allylic oxidation sites excluding steroid dienone is 4. The molecule has 1 rings (SSSR count). The van der Waals surface area contributed by atoms with Gasteiger partial charge in [-0.15, -0.1) is 0 Å². The van der Waals surface area contributed by atoms with Crippen molar-refractivity contribution in [3.8, 4) is 0 Å². The van der Waals surface area contributed by atoms with Crippen LogP contribution >= 0.6 is 28.3 Å². The normalized spacial score (nSPS) is 22.8. The Morgan fingerprint density at radius 1 is 1.23 bits per heavy atom. The SMILES string of the molecule is O=[C-]/C1=C/CC/C=C\CC1.[Br][Co+][Br]. The van der Waals surface area contributed by atoms with Crippen LogP contribution in [0.1, 0.15) is 25.7 Å². The van der Waals surface area contributed by atoms with Crippen molar-refractivity contribution in [3.63, 3.8) is 0 Å². The van der Waals surface area contributed by atoms with Crippen LogP contribution in [-0.2, 0) is 15.9 Å². The van der Waals surface area contributed by atoms with E-state index in [4.69, 9.17) is 0 Å². The molecule has 0 saturated heterocycles. The zero-order chi connectivity index (χ0) is 9.94. The molecule has 0 N–H and O–H groups in total. The predicted molar refractivity (Wildman–Crippen MR) is 59.2 cm³/mol. The van der Waals surface area contributed by atoms with Crippen LogP contribution < -0.4 is 0 Å². The zero-order valence-corrected chi connectivity index (χ0v) is 11.3. The van der Waals surface area contributed by atoms with Gasteiger partial charge in [-0.3, -0.25) is 0 Å². The standard InChI is InChI=1S/C9H11O.2BrH.Co/c10-8-9-6-4-2-1-3-5-7-9;;;/h1-2,7H,3-6H2;2*1H;/q-1;;;+3/p-2/b2-1-,9-7+;;;. The van der Waals surface area contributed by atoms with Crippen LogP contribution in [0.4, 0.5) is 0 Å². The number of carbonyl (C=O) groups excluding carboxylic acids is 1. The van der Waals surface area contributed by atoms with Crippen LogP contribution in [0.2, 0.25) is 0 Å². The van der Waals surface area contributed by atoms with Gasteiger partial charge >= 0.3 is 39.5 Å². The van der Waals surface area contributed by atoms with Crippen molar-refractivity contribution < 1.29 is 15.9 Å². The summed E-state index contributed by atoms with van der Waals surface area (Å²) in [6.45, 7) is 0. The number of hydrogen-bond donors (Lipinski definition) is 0. The first-order valence-electron chi connectivity index (χ1n) is 3.91. The van der Waals surface area contributed by atoms with Gasteiger partial charge in [0.2, 0.25) is 0 Å². The summed E-state index contributed by atoms with van der Waals surface area (Å²) in [4.78, 5) is 10.2. The average Bonchev–Trinajstić information content (AvgIpc) is 2.05. The Hall–Kier alpha value is 0.616. The summed E-state index contributed by atoms with van der Waals surface area (Å²) in [6.07, 6.45) is 12.1. The van der Waals surface area contributed by atoms with Crippen molar-refractivity contribution in [1.29, 1.82) is 0 Å². The van der Waals surface area contributed by atoms with Crippen LogP contribution in [-0.4, -0.2) is 6.29 Å². The molecule has 0 atom stereocenters. The fourth-order valence-electron chi connectivity index (χ4n) is 1.02. The maximum absolute atomic E-state index is 10.2. The summed E-state index contributed by atoms with van der Waals surface area (Å²) in [5.41, 5.74) is 0.837. The molecule has 1 nitrogen and oxygen atoms in total. The first kappa shape index (κ1) is 13.6. The Morgan fingerprint density at radius 2 is 1.85 bits per heavy atom. The van der Waals surface area contributed by atoms with Crippen LogP contribution in [0.3, 0.4) is 0 Å². The molecule has 1 aliphatic carbocycles. The van der Waals surface area contributed by atoms with Gasteiger partial charge in [0.15, 0.2) is 0 Å². The fourth-order valence-corrected chi connectivity index (χ4v) is 1.02. The van der Waals surface area contributed by atoms with Gasteiger partial charge in [0.1, 0.15) is 0 Å². The topological polar surface area (TPSA) is 17.1 Å². The second kappa shape index (κ2) is 10.7. The van der Waals surface area contributed by atoms with E-state index in [1.807, 2.05) is 12.4 Å². The van der Waals surface area contributed by atoms with E-state index in [2.05, 4.69) is 40.5 Å². The summed E-state index contributed by atoms with van der Waals surface area (Å²) < 4.78 is 0. The minimum absolute atomic E-state index is 0.837. The van der Waals surface area contributed by atoms with Gasteiger partial charge in [-0.05, 0) is 19.1 Å². The monoisotopic (exact) mass is 352 g/mol. The third-order valence-electron chi connectivity index (χ3n) is 1.60. The molecule has 0 amide bonds. The third kappa shape index (κ3) is 8.93. The van der Waals surface area contributed by atoms with Crippen molar-refractivity contribution in [2.24, 2.45) is 0 Å². The molecular weight excluding hydrogens is 343 g/mol. The van der Waals surface area contributed by atoms with Crippen LogP contribution in [0.25, 0.3) is 0 Å². The van der Waals surface area contributed by atoms with E-state index < -0.39 is 0 Å². The van der Waals surface area contributed by atoms with Gasteiger partial charge in [-0.25, -0.2) is 6.08 Å². The van der Waals surface area contributed by atoms with Crippen molar-refractivity contribution in [2.45, 2.75) is 25.7 Å². The van der Waals surface area contributed by atoms with Crippen molar-refractivity contribution in [2.75, 3.05) is 0 Å². The molecule has 0 aromatic heterocycles. The van der Waals surface area contributed by atoms with Gasteiger partial charge in [0, 0.05) is 0 Å². The van der Waals surface area contributed by atoms with E-state index in [0.29, 0.717) is 0 Å². The summed E-state index contributed by atoms with van der Waals surface area (Å²) in [5, 5.41) is 0.